The van der Waals surface area contributed by atoms with Gasteiger partial charge >= 0.3 is 5.97 Å². The molecule has 0 saturated heterocycles. The van der Waals surface area contributed by atoms with Crippen molar-refractivity contribution in [2.24, 2.45) is 5.10 Å². The van der Waals surface area contributed by atoms with Gasteiger partial charge in [0.2, 0.25) is 6.21 Å². The maximum atomic E-state index is 11.2. The van der Waals surface area contributed by atoms with Crippen LogP contribution in [0.1, 0.15) is 22.3 Å². The standard InChI is InChI=1S/C12H12N2O3/c1-17-12(16)10-4-2-9(3-5-10)8-14-7-6-11(15)13-14/h2-5,8H,6-7H2,1H3. The second kappa shape index (κ2) is 4.78. The Labute approximate surface area is 98.7 Å². The first-order valence-electron chi connectivity index (χ1n) is 5.23. The zero-order valence-corrected chi connectivity index (χ0v) is 9.42. The predicted octanol–water partition coefficient (Wildman–Crippen LogP) is -0.0179. The van der Waals surface area contributed by atoms with Crippen molar-refractivity contribution in [1.29, 1.82) is 0 Å². The Balaban J connectivity index is 2.16. The molecule has 1 aromatic carbocycles. The van der Waals surface area contributed by atoms with Crippen molar-refractivity contribution in [3.8, 4) is 0 Å². The molecule has 0 aromatic heterocycles. The van der Waals surface area contributed by atoms with E-state index in [1.807, 2.05) is 0 Å². The van der Waals surface area contributed by atoms with E-state index < -0.39 is 0 Å². The third-order valence-electron chi connectivity index (χ3n) is 2.42. The lowest BCUT2D eigenvalue weighted by molar-refractivity contribution is -0.519. The molecule has 1 aliphatic heterocycles. The Bertz CT molecular complexity index is 489. The Morgan fingerprint density at radius 3 is 2.71 bits per heavy atom. The van der Waals surface area contributed by atoms with Crippen molar-refractivity contribution in [3.05, 3.63) is 35.4 Å². The number of carbonyl (C=O) groups is 1. The molecule has 0 amide bonds. The normalized spacial score (nSPS) is 17.0. The van der Waals surface area contributed by atoms with Crippen LogP contribution in [0.3, 0.4) is 0 Å². The summed E-state index contributed by atoms with van der Waals surface area (Å²) >= 11 is 0. The van der Waals surface area contributed by atoms with Crippen molar-refractivity contribution < 1.29 is 19.3 Å². The van der Waals surface area contributed by atoms with Gasteiger partial charge in [-0.25, -0.2) is 4.79 Å². The average molecular weight is 232 g/mol. The summed E-state index contributed by atoms with van der Waals surface area (Å²) in [5.74, 6) is -0.468. The molecule has 0 bridgehead atoms. The van der Waals surface area contributed by atoms with Gasteiger partial charge in [-0.1, -0.05) is 4.68 Å². The summed E-state index contributed by atoms with van der Waals surface area (Å²) in [6.07, 6.45) is 2.22. The average Bonchev–Trinajstić information content (AvgIpc) is 2.75. The molecule has 1 aromatic rings. The summed E-state index contributed by atoms with van der Waals surface area (Å²) < 4.78 is 6.21. The molecule has 0 saturated carbocycles. The van der Waals surface area contributed by atoms with E-state index in [-0.39, 0.29) is 11.9 Å². The minimum Gasteiger partial charge on any atom is -0.857 e. The zero-order valence-electron chi connectivity index (χ0n) is 9.42. The fraction of sp³-hybridized carbons (Fsp3) is 0.250. The van der Waals surface area contributed by atoms with Crippen LogP contribution in [0.2, 0.25) is 0 Å². The van der Waals surface area contributed by atoms with Crippen LogP contribution in [0, 0.1) is 0 Å². The Morgan fingerprint density at radius 2 is 2.18 bits per heavy atom. The summed E-state index contributed by atoms with van der Waals surface area (Å²) in [6, 6.07) is 6.92. The van der Waals surface area contributed by atoms with Gasteiger partial charge in [-0.15, -0.1) is 0 Å². The van der Waals surface area contributed by atoms with Gasteiger partial charge in [-0.05, 0) is 29.4 Å². The van der Waals surface area contributed by atoms with Gasteiger partial charge in [-0.2, -0.15) is 0 Å². The van der Waals surface area contributed by atoms with Gasteiger partial charge in [-0.3, -0.25) is 0 Å². The molecule has 0 atom stereocenters. The number of carbonyl (C=O) groups excluding carboxylic acids is 1. The van der Waals surface area contributed by atoms with Crippen LogP contribution < -0.4 is 5.11 Å². The van der Waals surface area contributed by atoms with Crippen molar-refractivity contribution in [2.45, 2.75) is 6.42 Å². The summed E-state index contributed by atoms with van der Waals surface area (Å²) in [6.45, 7) is 0.609. The molecule has 88 valence electrons. The number of hydrogen-bond donors (Lipinski definition) is 0. The number of ether oxygens (including phenoxy) is 1. The van der Waals surface area contributed by atoms with E-state index in [2.05, 4.69) is 9.84 Å². The van der Waals surface area contributed by atoms with Crippen LogP contribution in [-0.2, 0) is 4.74 Å². The van der Waals surface area contributed by atoms with Crippen molar-refractivity contribution in [2.75, 3.05) is 13.7 Å². The van der Waals surface area contributed by atoms with Gasteiger partial charge in [0.15, 0.2) is 6.54 Å². The second-order valence-corrected chi connectivity index (χ2v) is 3.65. The summed E-state index contributed by atoms with van der Waals surface area (Å²) in [5, 5.41) is 14.7. The van der Waals surface area contributed by atoms with Gasteiger partial charge < -0.3 is 9.84 Å². The molecular weight excluding hydrogens is 220 g/mol. The van der Waals surface area contributed by atoms with Crippen molar-refractivity contribution >= 4 is 18.1 Å². The Kier molecular flexibility index (Phi) is 3.18. The maximum Gasteiger partial charge on any atom is 0.337 e. The highest BCUT2D eigenvalue weighted by atomic mass is 16.5. The third-order valence-corrected chi connectivity index (χ3v) is 2.42. The van der Waals surface area contributed by atoms with Crippen LogP contribution in [-0.4, -0.2) is 36.4 Å². The molecule has 0 fully saturated rings. The molecule has 0 spiro atoms. The number of methoxy groups -OCH3 is 1. The molecule has 2 rings (SSSR count). The molecule has 1 heterocycles. The molecule has 5 nitrogen and oxygen atoms in total. The maximum absolute atomic E-state index is 11.2. The summed E-state index contributed by atoms with van der Waals surface area (Å²) in [4.78, 5) is 11.2. The highest BCUT2D eigenvalue weighted by Gasteiger charge is 2.11. The van der Waals surface area contributed by atoms with Crippen molar-refractivity contribution in [1.82, 2.24) is 0 Å². The quantitative estimate of drug-likeness (QED) is 0.532. The number of benzene rings is 1. The number of esters is 1. The molecule has 5 heteroatoms. The second-order valence-electron chi connectivity index (χ2n) is 3.65. The number of hydrazone groups is 1. The van der Waals surface area contributed by atoms with E-state index in [0.717, 1.165) is 5.56 Å². The minimum absolute atomic E-state index is 0.104. The van der Waals surface area contributed by atoms with Crippen LogP contribution >= 0.6 is 0 Å². The molecule has 17 heavy (non-hydrogen) atoms. The van der Waals surface area contributed by atoms with Crippen molar-refractivity contribution in [3.63, 3.8) is 0 Å². The van der Waals surface area contributed by atoms with E-state index in [1.165, 1.54) is 7.11 Å². The first-order chi connectivity index (χ1) is 8.19. The Morgan fingerprint density at radius 1 is 1.47 bits per heavy atom. The molecule has 0 unspecified atom stereocenters. The van der Waals surface area contributed by atoms with Gasteiger partial charge in [0.25, 0.3) is 0 Å². The fourth-order valence-corrected chi connectivity index (χ4v) is 1.54. The first kappa shape index (κ1) is 11.3. The molecule has 0 radical (unpaired) electrons. The molecule has 0 N–H and O–H groups in total. The highest BCUT2D eigenvalue weighted by molar-refractivity contribution is 5.90. The fourth-order valence-electron chi connectivity index (χ4n) is 1.54. The third kappa shape index (κ3) is 2.69. The molecule has 0 aliphatic carbocycles. The highest BCUT2D eigenvalue weighted by Crippen LogP contribution is 2.05. The summed E-state index contributed by atoms with van der Waals surface area (Å²) in [5.41, 5.74) is 1.38. The molecule has 1 aliphatic rings. The number of nitrogens with zero attached hydrogens (tertiary/aromatic N) is 2. The van der Waals surface area contributed by atoms with Crippen LogP contribution in [0.25, 0.3) is 0 Å². The lowest BCUT2D eigenvalue weighted by Crippen LogP contribution is -2.13. The van der Waals surface area contributed by atoms with E-state index >= 15 is 0 Å². The van der Waals surface area contributed by atoms with Crippen LogP contribution in [0.4, 0.5) is 0 Å². The topological polar surface area (TPSA) is 64.7 Å². The monoisotopic (exact) mass is 232 g/mol. The minimum atomic E-state index is -0.363. The van der Waals surface area contributed by atoms with Gasteiger partial charge in [0.1, 0.15) is 0 Å². The Hall–Kier alpha value is -2.17. The van der Waals surface area contributed by atoms with E-state index in [4.69, 9.17) is 0 Å². The zero-order chi connectivity index (χ0) is 12.3. The van der Waals surface area contributed by atoms with Gasteiger partial charge in [0, 0.05) is 17.9 Å². The largest absolute Gasteiger partial charge is 0.857 e. The van der Waals surface area contributed by atoms with Crippen LogP contribution in [0.15, 0.2) is 29.4 Å². The number of rotatable bonds is 2. The SMILES string of the molecule is COC(=O)c1ccc(/C=[N+]2/CCC([O-])=N2)cc1. The molecular formula is C12H12N2O3. The first-order valence-corrected chi connectivity index (χ1v) is 5.23. The van der Waals surface area contributed by atoms with E-state index in [0.29, 0.717) is 18.5 Å². The van der Waals surface area contributed by atoms with Crippen LogP contribution in [0.5, 0.6) is 0 Å². The lowest BCUT2D eigenvalue weighted by atomic mass is 10.1. The van der Waals surface area contributed by atoms with E-state index in [9.17, 15) is 9.90 Å². The number of hydrogen-bond acceptors (Lipinski definition) is 4. The summed E-state index contributed by atoms with van der Waals surface area (Å²) in [7, 11) is 1.34. The predicted molar refractivity (Wildman–Crippen MR) is 60.1 cm³/mol. The van der Waals surface area contributed by atoms with E-state index in [1.54, 1.807) is 35.2 Å². The smallest absolute Gasteiger partial charge is 0.337 e. The lowest BCUT2D eigenvalue weighted by Gasteiger charge is -1.98. The van der Waals surface area contributed by atoms with Gasteiger partial charge in [0.05, 0.1) is 12.7 Å².